The molecule has 0 saturated carbocycles. The lowest BCUT2D eigenvalue weighted by Crippen LogP contribution is -2.44. The fraction of sp³-hybridized carbons (Fsp3) is 0.515. The molecule has 12 heteroatoms. The van der Waals surface area contributed by atoms with Crippen LogP contribution in [0.3, 0.4) is 0 Å². The summed E-state index contributed by atoms with van der Waals surface area (Å²) in [6, 6.07) is 15.2. The maximum absolute atomic E-state index is 16.2. The molecule has 6 atom stereocenters. The Kier molecular flexibility index (Phi) is 8.68. The summed E-state index contributed by atoms with van der Waals surface area (Å²) in [5.74, 6) is -1.11. The Bertz CT molecular complexity index is 1540. The summed E-state index contributed by atoms with van der Waals surface area (Å²) < 4.78 is 24.7. The lowest BCUT2D eigenvalue weighted by molar-refractivity contribution is -0.145. The molecule has 3 aromatic rings. The first-order valence-corrected chi connectivity index (χ1v) is 18.9. The highest BCUT2D eigenvalue weighted by Gasteiger charge is 2.66. The highest BCUT2D eigenvalue weighted by molar-refractivity contribution is 6.72. The molecule has 3 aliphatic rings. The summed E-state index contributed by atoms with van der Waals surface area (Å²) in [4.78, 5) is 28.7. The zero-order valence-corrected chi connectivity index (χ0v) is 27.4. The number of aliphatic hydroxyl groups excluding tert-OH is 1. The monoisotopic (exact) mass is 634 g/mol. The third-order valence-corrected chi connectivity index (χ3v) is 12.4. The molecule has 2 fully saturated rings. The Hall–Kier alpha value is -3.45. The van der Waals surface area contributed by atoms with Crippen molar-refractivity contribution < 1.29 is 23.5 Å². The number of anilines is 2. The van der Waals surface area contributed by atoms with Crippen molar-refractivity contribution in [3.05, 3.63) is 71.5 Å². The van der Waals surface area contributed by atoms with Gasteiger partial charge in [-0.3, -0.25) is 14.3 Å². The van der Waals surface area contributed by atoms with Crippen molar-refractivity contribution >= 4 is 31.6 Å². The van der Waals surface area contributed by atoms with Gasteiger partial charge in [-0.15, -0.1) is 5.10 Å². The van der Waals surface area contributed by atoms with E-state index in [4.69, 9.17) is 4.74 Å². The molecule has 2 unspecified atom stereocenters. The molecule has 10 nitrogen and oxygen atoms in total. The van der Waals surface area contributed by atoms with Crippen molar-refractivity contribution in [1.29, 1.82) is 0 Å². The number of piperidine rings is 1. The number of aliphatic hydroxyl groups is 1. The van der Waals surface area contributed by atoms with Gasteiger partial charge in [0, 0.05) is 49.0 Å². The smallest absolute Gasteiger partial charge is 0.264 e. The molecule has 240 valence electrons. The number of fused-ring (bicyclic) bond motifs is 2. The number of carbonyl (C=O) groups is 2. The quantitative estimate of drug-likeness (QED) is 0.239. The lowest BCUT2D eigenvalue weighted by Gasteiger charge is -2.31. The Labute approximate surface area is 264 Å². The zero-order chi connectivity index (χ0) is 31.9. The first kappa shape index (κ1) is 31.5. The van der Waals surface area contributed by atoms with Crippen molar-refractivity contribution in [3.8, 4) is 0 Å². The second-order valence-corrected chi connectivity index (χ2v) is 17.0. The Balaban J connectivity index is 1.26. The lowest BCUT2D eigenvalue weighted by atomic mass is 9.82. The number of likely N-dealkylation sites (N-methyl/N-ethyl adjacent to an activating group) is 1. The Morgan fingerprint density at radius 3 is 2.73 bits per heavy atom. The van der Waals surface area contributed by atoms with Gasteiger partial charge >= 0.3 is 0 Å². The second-order valence-electron chi connectivity index (χ2n) is 13.2. The van der Waals surface area contributed by atoms with Crippen LogP contribution >= 0.6 is 0 Å². The first-order chi connectivity index (χ1) is 21.5. The van der Waals surface area contributed by atoms with E-state index in [1.807, 2.05) is 61.7 Å². The topological polar surface area (TPSA) is 122 Å². The molecular formula is C33H43FN6O4Si. The van der Waals surface area contributed by atoms with E-state index in [9.17, 15) is 14.7 Å². The standard InChI is InChI=1S/C33H43FN6O4Si/c1-21-30(45(3,4)34)29(14-16-40-19-27(37-38-40)25(20-41)22-9-6-5-7-10-22)44-33(21)26-17-24(12-13-28(26)39(2)32(33)43)36-31(42)23-11-8-15-35-18-23/h5-7,9-10,12-13,17,19,21,23,25,29-30,35,41H,8,11,14-16,18,20H2,1-4H3,(H,36,42)/t21-,23?,25?,29+,30-,33+/m1/s1. The van der Waals surface area contributed by atoms with Crippen molar-refractivity contribution in [1.82, 2.24) is 20.3 Å². The minimum atomic E-state index is -3.33. The molecule has 0 bridgehead atoms. The highest BCUT2D eigenvalue weighted by atomic mass is 28.4. The zero-order valence-electron chi connectivity index (χ0n) is 26.4. The summed E-state index contributed by atoms with van der Waals surface area (Å²) in [6.07, 6.45) is 3.50. The molecule has 2 saturated heterocycles. The molecule has 45 heavy (non-hydrogen) atoms. The van der Waals surface area contributed by atoms with Gasteiger partial charge in [0.25, 0.3) is 5.91 Å². The molecule has 4 heterocycles. The summed E-state index contributed by atoms with van der Waals surface area (Å²) in [5.41, 5.74) is 1.77. The number of ether oxygens (including phenoxy) is 1. The molecule has 0 radical (unpaired) electrons. The third kappa shape index (κ3) is 5.73. The summed E-state index contributed by atoms with van der Waals surface area (Å²) in [5, 5.41) is 25.0. The SMILES string of the molecule is C[C@@H]1[C@@H]([Si](C)(C)F)[C@H](CCn2cc(C(CO)c3ccccc3)nn2)O[C@@]12C(=O)N(C)c1ccc(NC(=O)C3CCCNC3)cc12. The van der Waals surface area contributed by atoms with Crippen LogP contribution in [0.1, 0.15) is 48.9 Å². The van der Waals surface area contributed by atoms with Gasteiger partial charge < -0.3 is 29.5 Å². The van der Waals surface area contributed by atoms with Crippen molar-refractivity contribution in [2.45, 2.75) is 69.0 Å². The van der Waals surface area contributed by atoms with Crippen LogP contribution in [0.5, 0.6) is 0 Å². The molecule has 3 aliphatic heterocycles. The first-order valence-electron chi connectivity index (χ1n) is 15.9. The van der Waals surface area contributed by atoms with E-state index >= 15 is 4.11 Å². The molecular weight excluding hydrogens is 591 g/mol. The van der Waals surface area contributed by atoms with E-state index in [-0.39, 0.29) is 30.3 Å². The van der Waals surface area contributed by atoms with Gasteiger partial charge in [-0.05, 0) is 62.7 Å². The van der Waals surface area contributed by atoms with Crippen molar-refractivity contribution in [2.24, 2.45) is 11.8 Å². The highest BCUT2D eigenvalue weighted by Crippen LogP contribution is 2.60. The van der Waals surface area contributed by atoms with E-state index in [2.05, 4.69) is 20.9 Å². The Morgan fingerprint density at radius 2 is 2.04 bits per heavy atom. The minimum absolute atomic E-state index is 0.0507. The number of carbonyl (C=O) groups excluding carboxylic acids is 2. The number of rotatable bonds is 9. The number of aryl methyl sites for hydroxylation is 1. The van der Waals surface area contributed by atoms with Crippen molar-refractivity contribution in [2.75, 3.05) is 37.0 Å². The fourth-order valence-corrected chi connectivity index (χ4v) is 10.3. The van der Waals surface area contributed by atoms with Crippen LogP contribution in [0.4, 0.5) is 15.5 Å². The molecule has 1 spiro atoms. The Morgan fingerprint density at radius 1 is 1.27 bits per heavy atom. The van der Waals surface area contributed by atoms with Gasteiger partial charge in [0.05, 0.1) is 35.9 Å². The number of hydrogen-bond donors (Lipinski definition) is 3. The van der Waals surface area contributed by atoms with E-state index < -0.39 is 31.6 Å². The minimum Gasteiger partial charge on any atom is -0.395 e. The van der Waals surface area contributed by atoms with Crippen LogP contribution in [0.2, 0.25) is 18.6 Å². The second kappa shape index (κ2) is 12.4. The predicted octanol–water partition coefficient (Wildman–Crippen LogP) is 4.18. The van der Waals surface area contributed by atoms with Crippen LogP contribution in [0, 0.1) is 11.8 Å². The number of nitrogens with zero attached hydrogens (tertiary/aromatic N) is 4. The van der Waals surface area contributed by atoms with Gasteiger partial charge in [0.2, 0.25) is 14.3 Å². The fourth-order valence-electron chi connectivity index (χ4n) is 7.72. The normalized spacial score (nSPS) is 27.2. The average Bonchev–Trinajstić information content (AvgIpc) is 3.68. The number of aromatic nitrogens is 3. The summed E-state index contributed by atoms with van der Waals surface area (Å²) >= 11 is 0. The molecule has 1 aromatic heterocycles. The molecule has 3 N–H and O–H groups in total. The van der Waals surface area contributed by atoms with Crippen molar-refractivity contribution in [3.63, 3.8) is 0 Å². The van der Waals surface area contributed by atoms with Gasteiger partial charge in [-0.1, -0.05) is 42.5 Å². The summed E-state index contributed by atoms with van der Waals surface area (Å²) in [7, 11) is -1.61. The van der Waals surface area contributed by atoms with Crippen LogP contribution < -0.4 is 15.5 Å². The third-order valence-electron chi connectivity index (χ3n) is 9.97. The number of hydrogen-bond acceptors (Lipinski definition) is 7. The number of halogens is 1. The van der Waals surface area contributed by atoms with E-state index in [1.165, 1.54) is 0 Å². The molecule has 6 rings (SSSR count). The van der Waals surface area contributed by atoms with Crippen LogP contribution in [-0.4, -0.2) is 73.2 Å². The van der Waals surface area contributed by atoms with Crippen LogP contribution in [0.25, 0.3) is 0 Å². The molecule has 2 amide bonds. The van der Waals surface area contributed by atoms with Gasteiger partial charge in [0.1, 0.15) is 0 Å². The summed E-state index contributed by atoms with van der Waals surface area (Å²) in [6.45, 7) is 7.16. The number of amides is 2. The number of benzene rings is 2. The molecule has 2 aromatic carbocycles. The largest absolute Gasteiger partial charge is 0.395 e. The van der Waals surface area contributed by atoms with E-state index in [0.717, 1.165) is 24.9 Å². The van der Waals surface area contributed by atoms with Gasteiger partial charge in [0.15, 0.2) is 5.60 Å². The van der Waals surface area contributed by atoms with Gasteiger partial charge in [-0.25, -0.2) is 0 Å². The van der Waals surface area contributed by atoms with Crippen LogP contribution in [0.15, 0.2) is 54.7 Å². The van der Waals surface area contributed by atoms with E-state index in [0.29, 0.717) is 42.1 Å². The maximum atomic E-state index is 16.2. The van der Waals surface area contributed by atoms with E-state index in [1.54, 1.807) is 29.7 Å². The van der Waals surface area contributed by atoms with Gasteiger partial charge in [-0.2, -0.15) is 0 Å². The number of nitrogens with one attached hydrogen (secondary N) is 2. The predicted molar refractivity (Wildman–Crippen MR) is 172 cm³/mol. The van der Waals surface area contributed by atoms with Crippen LogP contribution in [-0.2, 0) is 26.5 Å². The molecule has 0 aliphatic carbocycles. The average molecular weight is 635 g/mol. The maximum Gasteiger partial charge on any atom is 0.264 e.